The molecule has 0 spiro atoms. The Balaban J connectivity index is 1.37. The van der Waals surface area contributed by atoms with E-state index in [1.807, 2.05) is 12.1 Å². The molecule has 0 unspecified atom stereocenters. The van der Waals surface area contributed by atoms with Gasteiger partial charge in [0.2, 0.25) is 5.91 Å². The fourth-order valence-corrected chi connectivity index (χ4v) is 4.92. The van der Waals surface area contributed by atoms with E-state index in [9.17, 15) is 9.18 Å². The lowest BCUT2D eigenvalue weighted by atomic mass is 9.73. The Morgan fingerprint density at radius 3 is 2.48 bits per heavy atom. The maximum Gasteiger partial charge on any atom is 0.221 e. The number of piperidine rings is 1. The van der Waals surface area contributed by atoms with E-state index >= 15 is 0 Å². The molecule has 1 saturated carbocycles. The number of hydrogen-bond acceptors (Lipinski definition) is 3. The molecular formula is C26H34FN3O. The second-order valence-electron chi connectivity index (χ2n) is 9.31. The number of likely N-dealkylation sites (tertiary alicyclic amines) is 1. The summed E-state index contributed by atoms with van der Waals surface area (Å²) in [5, 5.41) is 6.57. The zero-order valence-corrected chi connectivity index (χ0v) is 18.4. The van der Waals surface area contributed by atoms with Gasteiger partial charge in [0.1, 0.15) is 5.82 Å². The van der Waals surface area contributed by atoms with E-state index in [0.717, 1.165) is 45.4 Å². The topological polar surface area (TPSA) is 44.4 Å². The molecular weight excluding hydrogens is 389 g/mol. The van der Waals surface area contributed by atoms with Crippen molar-refractivity contribution in [1.82, 2.24) is 15.5 Å². The maximum absolute atomic E-state index is 13.4. The first-order valence-electron chi connectivity index (χ1n) is 11.5. The smallest absolute Gasteiger partial charge is 0.221 e. The van der Waals surface area contributed by atoms with Crippen molar-refractivity contribution in [3.05, 3.63) is 71.5 Å². The van der Waals surface area contributed by atoms with Crippen molar-refractivity contribution in [2.75, 3.05) is 33.2 Å². The summed E-state index contributed by atoms with van der Waals surface area (Å²) >= 11 is 0. The number of amides is 1. The molecule has 1 heterocycles. The van der Waals surface area contributed by atoms with Crippen LogP contribution in [0.5, 0.6) is 0 Å². The summed E-state index contributed by atoms with van der Waals surface area (Å²) in [5.74, 6) is 0.547. The van der Waals surface area contributed by atoms with Gasteiger partial charge in [0, 0.05) is 38.5 Å². The average Bonchev–Trinajstić information content (AvgIpc) is 3.59. The molecule has 0 bridgehead atoms. The molecule has 2 N–H and O–H groups in total. The van der Waals surface area contributed by atoms with Crippen molar-refractivity contribution in [2.24, 2.45) is 5.41 Å². The van der Waals surface area contributed by atoms with Crippen molar-refractivity contribution < 1.29 is 9.18 Å². The number of benzene rings is 2. The number of hydrogen-bond donors (Lipinski definition) is 2. The molecule has 2 aliphatic rings. The Morgan fingerprint density at radius 2 is 1.81 bits per heavy atom. The van der Waals surface area contributed by atoms with Gasteiger partial charge in [-0.1, -0.05) is 42.5 Å². The Labute approximate surface area is 185 Å². The number of carbonyl (C=O) groups excluding carboxylic acids is 1. The number of nitrogens with zero attached hydrogens (tertiary/aromatic N) is 1. The van der Waals surface area contributed by atoms with Crippen molar-refractivity contribution in [3.8, 4) is 0 Å². The van der Waals surface area contributed by atoms with E-state index in [0.29, 0.717) is 18.4 Å². The minimum Gasteiger partial charge on any atom is -0.359 e. The average molecular weight is 424 g/mol. The minimum absolute atomic E-state index is 0.102. The zero-order valence-electron chi connectivity index (χ0n) is 18.4. The molecule has 0 radical (unpaired) electrons. The van der Waals surface area contributed by atoms with Gasteiger partial charge in [0.25, 0.3) is 0 Å². The number of carbonyl (C=O) groups is 1. The van der Waals surface area contributed by atoms with Crippen LogP contribution in [0.4, 0.5) is 4.39 Å². The first kappa shape index (κ1) is 22.0. The van der Waals surface area contributed by atoms with Crippen molar-refractivity contribution in [3.63, 3.8) is 0 Å². The third-order valence-corrected chi connectivity index (χ3v) is 7.10. The van der Waals surface area contributed by atoms with E-state index in [1.165, 1.54) is 17.5 Å². The Bertz CT molecular complexity index is 847. The second kappa shape index (κ2) is 9.92. The maximum atomic E-state index is 13.4. The molecule has 1 amide bonds. The van der Waals surface area contributed by atoms with Crippen LogP contribution in [0.1, 0.15) is 42.7 Å². The summed E-state index contributed by atoms with van der Waals surface area (Å²) in [6.45, 7) is 3.82. The predicted octanol–water partition coefficient (Wildman–Crippen LogP) is 3.73. The fourth-order valence-electron chi connectivity index (χ4n) is 4.92. The normalized spacial score (nSPS) is 22.8. The second-order valence-corrected chi connectivity index (χ2v) is 9.31. The van der Waals surface area contributed by atoms with Crippen molar-refractivity contribution in [2.45, 2.75) is 44.1 Å². The SMILES string of the molecule is CNC(=O)CCN1CCC(CN[C@@H]2C[C@H]2c2ccccc2)(Cc2ccc(F)cc2)CC1. The summed E-state index contributed by atoms with van der Waals surface area (Å²) in [6, 6.07) is 18.3. The van der Waals surface area contributed by atoms with Gasteiger partial charge in [-0.25, -0.2) is 4.39 Å². The Hall–Kier alpha value is -2.24. The lowest BCUT2D eigenvalue weighted by Crippen LogP contribution is -2.47. The summed E-state index contributed by atoms with van der Waals surface area (Å²) in [5.41, 5.74) is 2.81. The first-order chi connectivity index (χ1) is 15.1. The van der Waals surface area contributed by atoms with Crippen LogP contribution in [0.15, 0.2) is 54.6 Å². The van der Waals surface area contributed by atoms with E-state index < -0.39 is 0 Å². The molecule has 2 fully saturated rings. The van der Waals surface area contributed by atoms with E-state index in [2.05, 4.69) is 45.9 Å². The molecule has 5 heteroatoms. The largest absolute Gasteiger partial charge is 0.359 e. The Kier molecular flexibility index (Phi) is 7.03. The monoisotopic (exact) mass is 423 g/mol. The van der Waals surface area contributed by atoms with Crippen molar-refractivity contribution in [1.29, 1.82) is 0 Å². The molecule has 1 aliphatic heterocycles. The highest BCUT2D eigenvalue weighted by atomic mass is 19.1. The third-order valence-electron chi connectivity index (χ3n) is 7.10. The Morgan fingerprint density at radius 1 is 1.10 bits per heavy atom. The highest BCUT2D eigenvalue weighted by Crippen LogP contribution is 2.42. The molecule has 2 aromatic rings. The van der Waals surface area contributed by atoms with E-state index in [-0.39, 0.29) is 17.1 Å². The molecule has 31 heavy (non-hydrogen) atoms. The molecule has 1 aliphatic carbocycles. The van der Waals surface area contributed by atoms with Gasteiger partial charge >= 0.3 is 0 Å². The van der Waals surface area contributed by atoms with E-state index in [4.69, 9.17) is 0 Å². The van der Waals surface area contributed by atoms with Gasteiger partial charge in [-0.15, -0.1) is 0 Å². The van der Waals surface area contributed by atoms with Gasteiger partial charge < -0.3 is 15.5 Å². The van der Waals surface area contributed by atoms with Crippen LogP contribution in [0, 0.1) is 11.2 Å². The summed E-state index contributed by atoms with van der Waals surface area (Å²) in [6.07, 6.45) is 4.91. The quantitative estimate of drug-likeness (QED) is 0.646. The molecule has 1 saturated heterocycles. The van der Waals surface area contributed by atoms with Crippen LogP contribution in [-0.4, -0.2) is 50.1 Å². The van der Waals surface area contributed by atoms with Gasteiger partial charge in [-0.05, 0) is 67.4 Å². The summed E-state index contributed by atoms with van der Waals surface area (Å²) < 4.78 is 13.4. The molecule has 4 nitrogen and oxygen atoms in total. The number of halogens is 1. The van der Waals surface area contributed by atoms with E-state index in [1.54, 1.807) is 19.2 Å². The highest BCUT2D eigenvalue weighted by molar-refractivity contribution is 5.75. The summed E-state index contributed by atoms with van der Waals surface area (Å²) in [4.78, 5) is 14.0. The van der Waals surface area contributed by atoms with Gasteiger partial charge in [0.15, 0.2) is 0 Å². The zero-order chi connectivity index (χ0) is 21.7. The third kappa shape index (κ3) is 5.92. The minimum atomic E-state index is -0.177. The lowest BCUT2D eigenvalue weighted by molar-refractivity contribution is -0.121. The van der Waals surface area contributed by atoms with Crippen LogP contribution >= 0.6 is 0 Å². The number of nitrogens with one attached hydrogen (secondary N) is 2. The molecule has 4 rings (SSSR count). The molecule has 166 valence electrons. The van der Waals surface area contributed by atoms with Gasteiger partial charge in [-0.2, -0.15) is 0 Å². The van der Waals surface area contributed by atoms with Gasteiger partial charge in [0.05, 0.1) is 0 Å². The van der Waals surface area contributed by atoms with Crippen LogP contribution in [0.25, 0.3) is 0 Å². The summed E-state index contributed by atoms with van der Waals surface area (Å²) in [7, 11) is 1.69. The van der Waals surface area contributed by atoms with Crippen molar-refractivity contribution >= 4 is 5.91 Å². The highest BCUT2D eigenvalue weighted by Gasteiger charge is 2.41. The standard InChI is InChI=1S/C26H34FN3O/c1-28-25(31)11-14-30-15-12-26(13-16-30,18-20-7-9-22(27)10-8-20)19-29-24-17-23(24)21-5-3-2-4-6-21/h2-10,23-24,29H,11-19H2,1H3,(H,28,31)/t23-,24+/m0/s1. The predicted molar refractivity (Wildman–Crippen MR) is 122 cm³/mol. The lowest BCUT2D eigenvalue weighted by Gasteiger charge is -2.42. The fraction of sp³-hybridized carbons (Fsp3) is 0.500. The van der Waals surface area contributed by atoms with Crippen LogP contribution < -0.4 is 10.6 Å². The number of rotatable bonds is 9. The molecule has 2 aromatic carbocycles. The molecule has 0 aromatic heterocycles. The molecule has 2 atom stereocenters. The van der Waals surface area contributed by atoms with Crippen LogP contribution in [0.2, 0.25) is 0 Å². The van der Waals surface area contributed by atoms with Crippen LogP contribution in [-0.2, 0) is 11.2 Å². The first-order valence-corrected chi connectivity index (χ1v) is 11.5. The van der Waals surface area contributed by atoms with Crippen LogP contribution in [0.3, 0.4) is 0 Å². The van der Waals surface area contributed by atoms with Gasteiger partial charge in [-0.3, -0.25) is 4.79 Å².